The zero-order chi connectivity index (χ0) is 19.9. The van der Waals surface area contributed by atoms with Crippen LogP contribution in [0.5, 0.6) is 0 Å². The van der Waals surface area contributed by atoms with E-state index in [4.69, 9.17) is 5.26 Å². The first-order chi connectivity index (χ1) is 13.6. The summed E-state index contributed by atoms with van der Waals surface area (Å²) in [5.41, 5.74) is 2.09. The molecule has 28 heavy (non-hydrogen) atoms. The summed E-state index contributed by atoms with van der Waals surface area (Å²) in [5, 5.41) is 15.1. The first kappa shape index (κ1) is 19.6. The van der Waals surface area contributed by atoms with Crippen LogP contribution in [0.15, 0.2) is 54.6 Å². The second-order valence-corrected chi connectivity index (χ2v) is 7.34. The maximum Gasteiger partial charge on any atom is 0.227 e. The molecule has 2 aromatic rings. The Bertz CT molecular complexity index is 865. The molecule has 1 saturated carbocycles. The van der Waals surface area contributed by atoms with Crippen molar-refractivity contribution in [1.29, 1.82) is 5.26 Å². The summed E-state index contributed by atoms with van der Waals surface area (Å²) in [6, 6.07) is 18.9. The van der Waals surface area contributed by atoms with E-state index in [0.717, 1.165) is 5.56 Å². The quantitative estimate of drug-likeness (QED) is 0.822. The minimum atomic E-state index is -0.123. The predicted octanol–water partition coefficient (Wildman–Crippen LogP) is 4.18. The van der Waals surface area contributed by atoms with Gasteiger partial charge in [0.2, 0.25) is 11.8 Å². The molecule has 1 aliphatic carbocycles. The molecule has 2 aromatic carbocycles. The molecule has 0 bridgehead atoms. The van der Waals surface area contributed by atoms with Gasteiger partial charge >= 0.3 is 0 Å². The Labute approximate surface area is 165 Å². The van der Waals surface area contributed by atoms with E-state index in [2.05, 4.69) is 16.7 Å². The molecular formula is C23H25N3O2. The monoisotopic (exact) mass is 375 g/mol. The number of hydrogen-bond donors (Lipinski definition) is 2. The fourth-order valence-electron chi connectivity index (χ4n) is 3.70. The Balaban J connectivity index is 1.50. The number of carbonyl (C=O) groups excluding carboxylic acids is 2. The number of nitriles is 1. The van der Waals surface area contributed by atoms with Crippen LogP contribution < -0.4 is 10.6 Å². The highest BCUT2D eigenvalue weighted by atomic mass is 16.2. The van der Waals surface area contributed by atoms with Crippen molar-refractivity contribution in [2.75, 3.05) is 5.32 Å². The topological polar surface area (TPSA) is 82.0 Å². The molecule has 0 aliphatic heterocycles. The molecule has 144 valence electrons. The van der Waals surface area contributed by atoms with E-state index < -0.39 is 0 Å². The molecule has 0 spiro atoms. The van der Waals surface area contributed by atoms with Gasteiger partial charge in [-0.15, -0.1) is 0 Å². The van der Waals surface area contributed by atoms with Gasteiger partial charge in [-0.3, -0.25) is 9.59 Å². The molecule has 1 fully saturated rings. The van der Waals surface area contributed by atoms with Crippen LogP contribution in [-0.2, 0) is 9.59 Å². The molecule has 0 aromatic heterocycles. The van der Waals surface area contributed by atoms with Gasteiger partial charge in [-0.05, 0) is 50.3 Å². The fourth-order valence-corrected chi connectivity index (χ4v) is 3.70. The lowest BCUT2D eigenvalue weighted by Crippen LogP contribution is -2.36. The van der Waals surface area contributed by atoms with Crippen LogP contribution in [0, 0.1) is 23.2 Å². The Morgan fingerprint density at radius 3 is 2.14 bits per heavy atom. The molecule has 2 N–H and O–H groups in total. The number of nitrogens with one attached hydrogen (secondary N) is 2. The highest BCUT2D eigenvalue weighted by Crippen LogP contribution is 2.30. The smallest absolute Gasteiger partial charge is 0.227 e. The fraction of sp³-hybridized carbons (Fsp3) is 0.348. The predicted molar refractivity (Wildman–Crippen MR) is 108 cm³/mol. The molecule has 1 unspecified atom stereocenters. The third kappa shape index (κ3) is 4.77. The van der Waals surface area contributed by atoms with E-state index in [1.165, 1.54) is 0 Å². The van der Waals surface area contributed by atoms with Crippen molar-refractivity contribution in [2.24, 2.45) is 11.8 Å². The first-order valence-corrected chi connectivity index (χ1v) is 9.73. The molecule has 0 radical (unpaired) electrons. The average molecular weight is 375 g/mol. The molecule has 2 amide bonds. The summed E-state index contributed by atoms with van der Waals surface area (Å²) in [7, 11) is 0. The van der Waals surface area contributed by atoms with E-state index in [1.807, 2.05) is 37.3 Å². The number of amides is 2. The normalized spacial score (nSPS) is 19.9. The highest BCUT2D eigenvalue weighted by molar-refractivity contribution is 5.94. The van der Waals surface area contributed by atoms with E-state index in [-0.39, 0.29) is 29.7 Å². The van der Waals surface area contributed by atoms with Crippen LogP contribution in [0.4, 0.5) is 5.69 Å². The van der Waals surface area contributed by atoms with Crippen LogP contribution in [0.1, 0.15) is 49.8 Å². The zero-order valence-electron chi connectivity index (χ0n) is 16.0. The van der Waals surface area contributed by atoms with Gasteiger partial charge < -0.3 is 10.6 Å². The molecule has 1 aliphatic rings. The van der Waals surface area contributed by atoms with E-state index in [0.29, 0.717) is 36.9 Å². The molecular weight excluding hydrogens is 350 g/mol. The summed E-state index contributed by atoms with van der Waals surface area (Å²) in [5.74, 6) is -0.187. The summed E-state index contributed by atoms with van der Waals surface area (Å²) in [6.07, 6.45) is 2.76. The molecule has 5 heteroatoms. The van der Waals surface area contributed by atoms with E-state index in [1.54, 1.807) is 24.3 Å². The minimum absolute atomic E-state index is 0.0304. The Kier molecular flexibility index (Phi) is 6.44. The summed E-state index contributed by atoms with van der Waals surface area (Å²) < 4.78 is 0. The number of para-hydroxylation sites is 1. The summed E-state index contributed by atoms with van der Waals surface area (Å²) in [4.78, 5) is 25.1. The third-order valence-electron chi connectivity index (χ3n) is 5.43. The second-order valence-electron chi connectivity index (χ2n) is 7.34. The van der Waals surface area contributed by atoms with Crippen LogP contribution >= 0.6 is 0 Å². The summed E-state index contributed by atoms with van der Waals surface area (Å²) in [6.45, 7) is 1.99. The maximum absolute atomic E-state index is 12.6. The van der Waals surface area contributed by atoms with Crippen molar-refractivity contribution < 1.29 is 9.59 Å². The van der Waals surface area contributed by atoms with Gasteiger partial charge in [0.05, 0.1) is 17.3 Å². The largest absolute Gasteiger partial charge is 0.349 e. The van der Waals surface area contributed by atoms with Crippen LogP contribution in [0.3, 0.4) is 0 Å². The number of carbonyl (C=O) groups is 2. The van der Waals surface area contributed by atoms with Gasteiger partial charge in [0.25, 0.3) is 0 Å². The molecule has 0 heterocycles. The average Bonchev–Trinajstić information content (AvgIpc) is 2.74. The Morgan fingerprint density at radius 2 is 1.50 bits per heavy atom. The number of hydrogen-bond acceptors (Lipinski definition) is 3. The standard InChI is InChI=1S/C23H25N3O2/c1-16(17-7-3-2-4-8-17)25-22(27)18-11-13-19(14-12-18)23(28)26-21-10-6-5-9-20(21)15-24/h2-10,16,18-19H,11-14H2,1H3,(H,25,27)(H,26,28). The van der Waals surface area contributed by atoms with Crippen LogP contribution in [0.2, 0.25) is 0 Å². The number of nitrogens with zero attached hydrogens (tertiary/aromatic N) is 1. The van der Waals surface area contributed by atoms with Crippen molar-refractivity contribution in [3.8, 4) is 6.07 Å². The minimum Gasteiger partial charge on any atom is -0.349 e. The van der Waals surface area contributed by atoms with Gasteiger partial charge in [0.15, 0.2) is 0 Å². The van der Waals surface area contributed by atoms with Crippen molar-refractivity contribution in [2.45, 2.75) is 38.6 Å². The lowest BCUT2D eigenvalue weighted by Gasteiger charge is -2.28. The SMILES string of the molecule is CC(NC(=O)C1CCC(C(=O)Nc2ccccc2C#N)CC1)c1ccccc1. The van der Waals surface area contributed by atoms with Gasteiger partial charge in [-0.2, -0.15) is 5.26 Å². The van der Waals surface area contributed by atoms with Crippen LogP contribution in [-0.4, -0.2) is 11.8 Å². The summed E-state index contributed by atoms with van der Waals surface area (Å²) >= 11 is 0. The van der Waals surface area contributed by atoms with Crippen molar-refractivity contribution in [1.82, 2.24) is 5.32 Å². The Morgan fingerprint density at radius 1 is 0.929 bits per heavy atom. The van der Waals surface area contributed by atoms with E-state index in [9.17, 15) is 9.59 Å². The molecule has 0 saturated heterocycles. The van der Waals surface area contributed by atoms with Crippen LogP contribution in [0.25, 0.3) is 0 Å². The van der Waals surface area contributed by atoms with Crippen molar-refractivity contribution in [3.05, 3.63) is 65.7 Å². The highest BCUT2D eigenvalue weighted by Gasteiger charge is 2.30. The Hall–Kier alpha value is -3.13. The lowest BCUT2D eigenvalue weighted by atomic mass is 9.81. The van der Waals surface area contributed by atoms with Crippen molar-refractivity contribution >= 4 is 17.5 Å². The van der Waals surface area contributed by atoms with Crippen molar-refractivity contribution in [3.63, 3.8) is 0 Å². The van der Waals surface area contributed by atoms with Gasteiger partial charge in [0.1, 0.15) is 6.07 Å². The molecule has 5 nitrogen and oxygen atoms in total. The number of benzene rings is 2. The first-order valence-electron chi connectivity index (χ1n) is 9.73. The number of anilines is 1. The third-order valence-corrected chi connectivity index (χ3v) is 5.43. The van der Waals surface area contributed by atoms with Gasteiger partial charge in [-0.25, -0.2) is 0 Å². The maximum atomic E-state index is 12.6. The van der Waals surface area contributed by atoms with Gasteiger partial charge in [-0.1, -0.05) is 42.5 Å². The lowest BCUT2D eigenvalue weighted by molar-refractivity contribution is -0.129. The number of rotatable bonds is 5. The van der Waals surface area contributed by atoms with E-state index >= 15 is 0 Å². The van der Waals surface area contributed by atoms with Gasteiger partial charge in [0, 0.05) is 11.8 Å². The zero-order valence-corrected chi connectivity index (χ0v) is 16.0. The molecule has 1 atom stereocenters. The molecule has 3 rings (SSSR count). The second kappa shape index (κ2) is 9.18.